The van der Waals surface area contributed by atoms with Crippen LogP contribution in [0, 0.1) is 5.92 Å². The monoisotopic (exact) mass is 369 g/mol. The molecular formula is C16H17BrClNO2. The second kappa shape index (κ2) is 6.09. The molecule has 2 aliphatic rings. The topological polar surface area (TPSA) is 37.4 Å². The van der Waals surface area contributed by atoms with Crippen molar-refractivity contribution in [1.82, 2.24) is 4.90 Å². The van der Waals surface area contributed by atoms with Crippen molar-refractivity contribution in [2.75, 3.05) is 6.54 Å². The zero-order valence-corrected chi connectivity index (χ0v) is 14.0. The Balaban J connectivity index is 1.84. The fraction of sp³-hybridized carbons (Fsp3) is 0.500. The first-order valence-electron chi connectivity index (χ1n) is 7.36. The van der Waals surface area contributed by atoms with Crippen LogP contribution in [0.15, 0.2) is 22.7 Å². The fourth-order valence-electron chi connectivity index (χ4n) is 3.53. The lowest BCUT2D eigenvalue weighted by molar-refractivity contribution is -0.121. The van der Waals surface area contributed by atoms with Crippen LogP contribution in [0.4, 0.5) is 0 Å². The molecule has 1 saturated heterocycles. The van der Waals surface area contributed by atoms with E-state index in [9.17, 15) is 9.59 Å². The number of halogens is 2. The Labute approximate surface area is 137 Å². The minimum atomic E-state index is -0.0466. The summed E-state index contributed by atoms with van der Waals surface area (Å²) < 4.78 is 0.855. The molecule has 1 aliphatic carbocycles. The van der Waals surface area contributed by atoms with Crippen LogP contribution < -0.4 is 0 Å². The molecule has 0 aromatic heterocycles. The molecule has 1 amide bonds. The van der Waals surface area contributed by atoms with E-state index in [0.717, 1.165) is 36.7 Å². The molecule has 0 spiro atoms. The lowest BCUT2D eigenvalue weighted by atomic mass is 9.94. The average molecular weight is 371 g/mol. The summed E-state index contributed by atoms with van der Waals surface area (Å²) in [5, 5.41) is 0.456. The number of Topliss-reactive ketones (excluding diaryl/α,β-unsaturated/α-hetero) is 1. The summed E-state index contributed by atoms with van der Waals surface area (Å²) in [7, 11) is 0. The highest BCUT2D eigenvalue weighted by molar-refractivity contribution is 9.10. The van der Waals surface area contributed by atoms with Gasteiger partial charge in [-0.2, -0.15) is 0 Å². The highest BCUT2D eigenvalue weighted by atomic mass is 79.9. The van der Waals surface area contributed by atoms with E-state index in [0.29, 0.717) is 22.8 Å². The highest BCUT2D eigenvalue weighted by Crippen LogP contribution is 2.35. The van der Waals surface area contributed by atoms with Crippen LogP contribution >= 0.6 is 27.5 Å². The number of hydrogen-bond acceptors (Lipinski definition) is 2. The molecule has 21 heavy (non-hydrogen) atoms. The number of rotatable bonds is 2. The van der Waals surface area contributed by atoms with Crippen molar-refractivity contribution in [1.29, 1.82) is 0 Å². The SMILES string of the molecule is O=C1CCCC1C1CCCN1C(=O)c1ccc(Br)cc1Cl. The average Bonchev–Trinajstić information content (AvgIpc) is 3.06. The van der Waals surface area contributed by atoms with Crippen molar-refractivity contribution < 1.29 is 9.59 Å². The second-order valence-electron chi connectivity index (χ2n) is 5.80. The second-order valence-corrected chi connectivity index (χ2v) is 7.12. The number of hydrogen-bond donors (Lipinski definition) is 0. The minimum absolute atomic E-state index is 0.0330. The normalized spacial score (nSPS) is 25.6. The van der Waals surface area contributed by atoms with Gasteiger partial charge in [0.25, 0.3) is 5.91 Å². The third kappa shape index (κ3) is 2.88. The maximum Gasteiger partial charge on any atom is 0.255 e. The number of ketones is 1. The van der Waals surface area contributed by atoms with E-state index in [1.54, 1.807) is 12.1 Å². The van der Waals surface area contributed by atoms with E-state index in [1.165, 1.54) is 0 Å². The maximum atomic E-state index is 12.8. The van der Waals surface area contributed by atoms with Gasteiger partial charge in [-0.15, -0.1) is 0 Å². The van der Waals surface area contributed by atoms with Gasteiger partial charge in [0.1, 0.15) is 5.78 Å². The summed E-state index contributed by atoms with van der Waals surface area (Å²) >= 11 is 9.54. The van der Waals surface area contributed by atoms with Crippen molar-refractivity contribution in [3.05, 3.63) is 33.3 Å². The van der Waals surface area contributed by atoms with Gasteiger partial charge >= 0.3 is 0 Å². The number of carbonyl (C=O) groups is 2. The summed E-state index contributed by atoms with van der Waals surface area (Å²) in [4.78, 5) is 26.6. The van der Waals surface area contributed by atoms with E-state index in [2.05, 4.69) is 15.9 Å². The quantitative estimate of drug-likeness (QED) is 0.787. The maximum absolute atomic E-state index is 12.8. The highest BCUT2D eigenvalue weighted by Gasteiger charge is 2.40. The molecule has 1 aliphatic heterocycles. The molecule has 2 atom stereocenters. The number of benzene rings is 1. The van der Waals surface area contributed by atoms with E-state index >= 15 is 0 Å². The molecule has 3 rings (SSSR count). The van der Waals surface area contributed by atoms with Crippen molar-refractivity contribution in [3.63, 3.8) is 0 Å². The molecule has 2 fully saturated rings. The molecule has 2 unspecified atom stereocenters. The van der Waals surface area contributed by atoms with Crippen molar-refractivity contribution in [3.8, 4) is 0 Å². The van der Waals surface area contributed by atoms with Gasteiger partial charge in [-0.25, -0.2) is 0 Å². The molecule has 112 valence electrons. The summed E-state index contributed by atoms with van der Waals surface area (Å²) in [5.74, 6) is 0.307. The Bertz CT molecular complexity index is 590. The summed E-state index contributed by atoms with van der Waals surface area (Å²) in [6, 6.07) is 5.37. The Kier molecular flexibility index (Phi) is 4.36. The summed E-state index contributed by atoms with van der Waals surface area (Å²) in [6.45, 7) is 0.722. The molecule has 3 nitrogen and oxygen atoms in total. The zero-order chi connectivity index (χ0) is 15.0. The van der Waals surface area contributed by atoms with Gasteiger partial charge in [-0.3, -0.25) is 9.59 Å². The number of likely N-dealkylation sites (tertiary alicyclic amines) is 1. The predicted molar refractivity (Wildman–Crippen MR) is 85.6 cm³/mol. The van der Waals surface area contributed by atoms with Crippen LogP contribution in [-0.4, -0.2) is 29.2 Å². The standard InChI is InChI=1S/C16H17BrClNO2/c17-10-6-7-11(13(18)9-10)16(21)19-8-2-4-14(19)12-3-1-5-15(12)20/h6-7,9,12,14H,1-5,8H2. The first kappa shape index (κ1) is 15.0. The lowest BCUT2D eigenvalue weighted by Crippen LogP contribution is -2.41. The third-order valence-electron chi connectivity index (χ3n) is 4.54. The molecule has 0 bridgehead atoms. The summed E-state index contributed by atoms with van der Waals surface area (Å²) in [6.07, 6.45) is 4.44. The van der Waals surface area contributed by atoms with E-state index in [4.69, 9.17) is 11.6 Å². The van der Waals surface area contributed by atoms with Crippen LogP contribution in [0.2, 0.25) is 5.02 Å². The zero-order valence-electron chi connectivity index (χ0n) is 11.6. The van der Waals surface area contributed by atoms with Crippen LogP contribution in [0.3, 0.4) is 0 Å². The third-order valence-corrected chi connectivity index (χ3v) is 5.34. The van der Waals surface area contributed by atoms with Gasteiger partial charge in [0, 0.05) is 29.4 Å². The van der Waals surface area contributed by atoms with Gasteiger partial charge < -0.3 is 4.90 Å². The number of amides is 1. The van der Waals surface area contributed by atoms with Crippen LogP contribution in [0.25, 0.3) is 0 Å². The van der Waals surface area contributed by atoms with Crippen LogP contribution in [0.5, 0.6) is 0 Å². The van der Waals surface area contributed by atoms with Gasteiger partial charge in [0.2, 0.25) is 0 Å². The number of nitrogens with zero attached hydrogens (tertiary/aromatic N) is 1. The first-order chi connectivity index (χ1) is 10.1. The van der Waals surface area contributed by atoms with Gasteiger partial charge in [-0.1, -0.05) is 27.5 Å². The van der Waals surface area contributed by atoms with E-state index in [1.807, 2.05) is 11.0 Å². The van der Waals surface area contributed by atoms with Crippen molar-refractivity contribution in [2.24, 2.45) is 5.92 Å². The molecule has 1 aromatic carbocycles. The molecule has 5 heteroatoms. The van der Waals surface area contributed by atoms with Gasteiger partial charge in [0.05, 0.1) is 10.6 Å². The van der Waals surface area contributed by atoms with E-state index in [-0.39, 0.29) is 17.9 Å². The minimum Gasteiger partial charge on any atom is -0.335 e. The molecule has 0 radical (unpaired) electrons. The Morgan fingerprint density at radius 1 is 1.29 bits per heavy atom. The Hall–Kier alpha value is -0.870. The largest absolute Gasteiger partial charge is 0.335 e. The van der Waals surface area contributed by atoms with Crippen LogP contribution in [-0.2, 0) is 4.79 Å². The van der Waals surface area contributed by atoms with Crippen molar-refractivity contribution >= 4 is 39.2 Å². The molecule has 1 aromatic rings. The van der Waals surface area contributed by atoms with Gasteiger partial charge in [-0.05, 0) is 43.9 Å². The predicted octanol–water partition coefficient (Wildman–Crippen LogP) is 4.08. The Morgan fingerprint density at radius 3 is 2.76 bits per heavy atom. The van der Waals surface area contributed by atoms with Gasteiger partial charge in [0.15, 0.2) is 0 Å². The lowest BCUT2D eigenvalue weighted by Gasteiger charge is -2.29. The fourth-order valence-corrected chi connectivity index (χ4v) is 4.28. The molecule has 0 N–H and O–H groups in total. The number of carbonyl (C=O) groups excluding carboxylic acids is 2. The smallest absolute Gasteiger partial charge is 0.255 e. The Morgan fingerprint density at radius 2 is 2.10 bits per heavy atom. The molecule has 1 saturated carbocycles. The summed E-state index contributed by atoms with van der Waals surface area (Å²) in [5.41, 5.74) is 0.525. The molecule has 1 heterocycles. The van der Waals surface area contributed by atoms with Crippen LogP contribution in [0.1, 0.15) is 42.5 Å². The van der Waals surface area contributed by atoms with Crippen molar-refractivity contribution in [2.45, 2.75) is 38.1 Å². The first-order valence-corrected chi connectivity index (χ1v) is 8.54. The van der Waals surface area contributed by atoms with E-state index < -0.39 is 0 Å². The molecular weight excluding hydrogens is 354 g/mol.